The Morgan fingerprint density at radius 3 is 2.26 bits per heavy atom. The minimum Gasteiger partial charge on any atom is -0.466 e. The number of ether oxygens (including phenoxy) is 1. The lowest BCUT2D eigenvalue weighted by Crippen LogP contribution is -2.22. The summed E-state index contributed by atoms with van der Waals surface area (Å²) in [5.74, 6) is 0.418. The quantitative estimate of drug-likeness (QED) is 0.185. The highest BCUT2D eigenvalue weighted by Gasteiger charge is 2.13. The molecule has 1 atom stereocenters. The smallest absolute Gasteiger partial charge is 0.306 e. The maximum absolute atomic E-state index is 11.3. The number of carbonyl (C=O) groups excluding carboxylic acids is 2. The topological polar surface area (TPSA) is 59.0 Å². The highest BCUT2D eigenvalue weighted by Crippen LogP contribution is 2.15. The molecule has 0 bridgehead atoms. The van der Waals surface area contributed by atoms with E-state index in [1.165, 1.54) is 0 Å². The second-order valence-corrected chi connectivity index (χ2v) is 6.93. The SMILES string of the molecule is C=C.CC=N/C=C(\C)c1ccc(C=O)cc1.CCOC(=O)CC(CC)CCN(C)CC. The van der Waals surface area contributed by atoms with Gasteiger partial charge in [-0.2, -0.15) is 0 Å². The molecule has 0 N–H and O–H groups in total. The van der Waals surface area contributed by atoms with Crippen LogP contribution in [-0.2, 0) is 9.53 Å². The normalized spacial score (nSPS) is 11.8. The van der Waals surface area contributed by atoms with Crippen LogP contribution in [0.1, 0.15) is 69.8 Å². The van der Waals surface area contributed by atoms with Gasteiger partial charge >= 0.3 is 5.97 Å². The molecule has 0 saturated heterocycles. The molecule has 1 aromatic carbocycles. The van der Waals surface area contributed by atoms with Gasteiger partial charge < -0.3 is 9.64 Å². The van der Waals surface area contributed by atoms with Crippen LogP contribution in [0.2, 0.25) is 0 Å². The Bertz CT molecular complexity index is 651. The summed E-state index contributed by atoms with van der Waals surface area (Å²) >= 11 is 0. The molecule has 5 heteroatoms. The molecule has 31 heavy (non-hydrogen) atoms. The maximum atomic E-state index is 11.3. The lowest BCUT2D eigenvalue weighted by Gasteiger charge is -2.18. The largest absolute Gasteiger partial charge is 0.466 e. The minimum atomic E-state index is -0.0523. The Kier molecular flexibility index (Phi) is 20.5. The van der Waals surface area contributed by atoms with E-state index in [0.717, 1.165) is 43.4 Å². The Hall–Kier alpha value is -2.53. The number of esters is 1. The molecular weight excluding hydrogens is 388 g/mol. The van der Waals surface area contributed by atoms with Crippen molar-refractivity contribution in [1.82, 2.24) is 4.90 Å². The molecule has 5 nitrogen and oxygen atoms in total. The van der Waals surface area contributed by atoms with Crippen molar-refractivity contribution < 1.29 is 14.3 Å². The fourth-order valence-electron chi connectivity index (χ4n) is 2.55. The fourth-order valence-corrected chi connectivity index (χ4v) is 2.55. The lowest BCUT2D eigenvalue weighted by atomic mass is 9.98. The highest BCUT2D eigenvalue weighted by atomic mass is 16.5. The number of aldehydes is 1. The van der Waals surface area contributed by atoms with Crippen molar-refractivity contribution in [2.75, 3.05) is 26.7 Å². The number of carbonyl (C=O) groups is 2. The van der Waals surface area contributed by atoms with Crippen LogP contribution in [0.4, 0.5) is 0 Å². The molecule has 0 heterocycles. The first-order chi connectivity index (χ1) is 14.9. The first-order valence-corrected chi connectivity index (χ1v) is 11.0. The highest BCUT2D eigenvalue weighted by molar-refractivity contribution is 5.76. The first kappa shape index (κ1) is 30.7. The zero-order valence-corrected chi connectivity index (χ0v) is 20.4. The Labute approximate surface area is 189 Å². The zero-order chi connectivity index (χ0) is 24.1. The van der Waals surface area contributed by atoms with E-state index in [2.05, 4.69) is 43.9 Å². The first-order valence-electron chi connectivity index (χ1n) is 11.0. The van der Waals surface area contributed by atoms with Crippen LogP contribution in [0.5, 0.6) is 0 Å². The fraction of sp³-hybridized carbons (Fsp3) is 0.500. The van der Waals surface area contributed by atoms with Gasteiger partial charge in [-0.25, -0.2) is 0 Å². The van der Waals surface area contributed by atoms with Crippen LogP contribution in [-0.4, -0.2) is 50.1 Å². The Morgan fingerprint density at radius 1 is 1.19 bits per heavy atom. The molecule has 0 radical (unpaired) electrons. The zero-order valence-electron chi connectivity index (χ0n) is 20.4. The summed E-state index contributed by atoms with van der Waals surface area (Å²) < 4.78 is 4.95. The van der Waals surface area contributed by atoms with E-state index in [-0.39, 0.29) is 5.97 Å². The summed E-state index contributed by atoms with van der Waals surface area (Å²) in [6, 6.07) is 7.44. The van der Waals surface area contributed by atoms with Gasteiger partial charge in [-0.05, 0) is 64.4 Å². The summed E-state index contributed by atoms with van der Waals surface area (Å²) in [5.41, 5.74) is 2.86. The number of aliphatic imine (C=N–C) groups is 1. The number of nitrogens with zero attached hydrogens (tertiary/aromatic N) is 2. The average Bonchev–Trinajstić information content (AvgIpc) is 2.81. The molecule has 1 aromatic rings. The van der Waals surface area contributed by atoms with Crippen LogP contribution >= 0.6 is 0 Å². The third-order valence-electron chi connectivity index (χ3n) is 4.72. The maximum Gasteiger partial charge on any atom is 0.306 e. The Morgan fingerprint density at radius 2 is 1.81 bits per heavy atom. The Balaban J connectivity index is 0. The predicted octanol–water partition coefficient (Wildman–Crippen LogP) is 6.06. The molecule has 0 fully saturated rings. The molecule has 1 rings (SSSR count). The molecule has 0 aromatic heterocycles. The summed E-state index contributed by atoms with van der Waals surface area (Å²) in [6.07, 6.45) is 7.09. The van der Waals surface area contributed by atoms with Gasteiger partial charge in [0.1, 0.15) is 6.29 Å². The summed E-state index contributed by atoms with van der Waals surface area (Å²) in [5, 5.41) is 0. The van der Waals surface area contributed by atoms with E-state index in [1.54, 1.807) is 24.5 Å². The van der Waals surface area contributed by atoms with Gasteiger partial charge in [0, 0.05) is 24.4 Å². The molecule has 174 valence electrons. The molecule has 0 aliphatic rings. The van der Waals surface area contributed by atoms with E-state index in [1.807, 2.05) is 32.9 Å². The van der Waals surface area contributed by atoms with Crippen LogP contribution in [0.25, 0.3) is 5.57 Å². The molecule has 0 spiro atoms. The van der Waals surface area contributed by atoms with Crippen molar-refractivity contribution in [3.8, 4) is 0 Å². The van der Waals surface area contributed by atoms with E-state index in [4.69, 9.17) is 4.74 Å². The van der Waals surface area contributed by atoms with Gasteiger partial charge in [-0.3, -0.25) is 14.6 Å². The van der Waals surface area contributed by atoms with Gasteiger partial charge in [0.05, 0.1) is 6.61 Å². The van der Waals surface area contributed by atoms with E-state index < -0.39 is 0 Å². The summed E-state index contributed by atoms with van der Waals surface area (Å²) in [7, 11) is 2.11. The third-order valence-corrected chi connectivity index (χ3v) is 4.72. The van der Waals surface area contributed by atoms with Crippen molar-refractivity contribution in [2.45, 2.75) is 53.9 Å². The van der Waals surface area contributed by atoms with Crippen LogP contribution in [0.15, 0.2) is 48.6 Å². The number of hydrogen-bond acceptors (Lipinski definition) is 5. The minimum absolute atomic E-state index is 0.0523. The second-order valence-electron chi connectivity index (χ2n) is 6.93. The van der Waals surface area contributed by atoms with Crippen molar-refractivity contribution in [3.05, 3.63) is 54.8 Å². The van der Waals surface area contributed by atoms with E-state index >= 15 is 0 Å². The van der Waals surface area contributed by atoms with Crippen molar-refractivity contribution in [3.63, 3.8) is 0 Å². The molecular formula is C26H42N2O3. The standard InChI is InChI=1S/C12H25NO2.C12H13NO.C2H4/c1-5-11(8-9-13(4)6-2)10-12(14)15-7-3;1-3-13-8-10(2)12-6-4-11(9-14)5-7-12;1-2/h11H,5-10H2,1-4H3;3-9H,1-2H3;1-2H2/b;10-8+,13-3?;. The number of rotatable bonds is 11. The van der Waals surface area contributed by atoms with Gasteiger partial charge in [0.2, 0.25) is 0 Å². The molecule has 0 saturated carbocycles. The van der Waals surface area contributed by atoms with Crippen LogP contribution < -0.4 is 0 Å². The van der Waals surface area contributed by atoms with Crippen molar-refractivity contribution in [1.29, 1.82) is 0 Å². The second kappa shape index (κ2) is 20.7. The van der Waals surface area contributed by atoms with Crippen molar-refractivity contribution >= 4 is 24.0 Å². The van der Waals surface area contributed by atoms with Gasteiger partial charge in [0.15, 0.2) is 0 Å². The molecule has 0 amide bonds. The third kappa shape index (κ3) is 15.9. The average molecular weight is 431 g/mol. The lowest BCUT2D eigenvalue weighted by molar-refractivity contribution is -0.144. The van der Waals surface area contributed by atoms with Gasteiger partial charge in [-0.1, -0.05) is 44.5 Å². The van der Waals surface area contributed by atoms with Gasteiger partial charge in [-0.15, -0.1) is 13.2 Å². The van der Waals surface area contributed by atoms with Crippen LogP contribution in [0.3, 0.4) is 0 Å². The molecule has 0 aliphatic carbocycles. The summed E-state index contributed by atoms with van der Waals surface area (Å²) in [4.78, 5) is 28.0. The van der Waals surface area contributed by atoms with E-state index in [0.29, 0.717) is 24.5 Å². The molecule has 1 unspecified atom stereocenters. The van der Waals surface area contributed by atoms with Gasteiger partial charge in [0.25, 0.3) is 0 Å². The van der Waals surface area contributed by atoms with Crippen molar-refractivity contribution in [2.24, 2.45) is 10.9 Å². The van der Waals surface area contributed by atoms with Crippen LogP contribution in [0, 0.1) is 5.92 Å². The predicted molar refractivity (Wildman–Crippen MR) is 134 cm³/mol. The van der Waals surface area contributed by atoms with E-state index in [9.17, 15) is 9.59 Å². The number of hydrogen-bond donors (Lipinski definition) is 0. The number of benzene rings is 1. The monoisotopic (exact) mass is 430 g/mol. The summed E-state index contributed by atoms with van der Waals surface area (Å²) in [6.45, 7) is 18.6. The molecule has 0 aliphatic heterocycles. The number of allylic oxidation sites excluding steroid dienone is 1.